The average Bonchev–Trinajstić information content (AvgIpc) is 2.67. The summed E-state index contributed by atoms with van der Waals surface area (Å²) in [6, 6.07) is 12.8. The minimum absolute atomic E-state index is 0.0750. The summed E-state index contributed by atoms with van der Waals surface area (Å²) in [7, 11) is 1.72. The number of hydrogen-bond acceptors (Lipinski definition) is 2. The maximum absolute atomic E-state index is 13.2. The van der Waals surface area contributed by atoms with E-state index in [0.29, 0.717) is 0 Å². The van der Waals surface area contributed by atoms with E-state index in [1.54, 1.807) is 7.11 Å². The molecule has 2 aromatic rings. The van der Waals surface area contributed by atoms with Gasteiger partial charge < -0.3 is 10.1 Å². The van der Waals surface area contributed by atoms with Gasteiger partial charge in [-0.15, -0.1) is 0 Å². The van der Waals surface area contributed by atoms with Crippen molar-refractivity contribution in [3.63, 3.8) is 0 Å². The zero-order valence-corrected chi connectivity index (χ0v) is 17.0. The van der Waals surface area contributed by atoms with Gasteiger partial charge >= 0.3 is 0 Å². The van der Waals surface area contributed by atoms with E-state index in [1.807, 2.05) is 12.1 Å². The van der Waals surface area contributed by atoms with Gasteiger partial charge in [0.2, 0.25) is 5.91 Å². The quantitative estimate of drug-likeness (QED) is 0.793. The first-order chi connectivity index (χ1) is 13.0. The SMILES string of the molecule is CCCC(C(=O)NC1CCc2cccc(OC)c2C1)c1cc(C)ccc1C. The van der Waals surface area contributed by atoms with Crippen LogP contribution < -0.4 is 10.1 Å². The highest BCUT2D eigenvalue weighted by Crippen LogP contribution is 2.31. The molecule has 1 amide bonds. The van der Waals surface area contributed by atoms with Crippen molar-refractivity contribution in [1.82, 2.24) is 5.32 Å². The zero-order chi connectivity index (χ0) is 19.4. The van der Waals surface area contributed by atoms with Crippen LogP contribution in [0.3, 0.4) is 0 Å². The van der Waals surface area contributed by atoms with Crippen LogP contribution in [0, 0.1) is 13.8 Å². The fraction of sp³-hybridized carbons (Fsp3) is 0.458. The molecule has 0 spiro atoms. The average molecular weight is 366 g/mol. The fourth-order valence-electron chi connectivity index (χ4n) is 4.22. The number of nitrogens with one attached hydrogen (secondary N) is 1. The minimum Gasteiger partial charge on any atom is -0.496 e. The Morgan fingerprint density at radius 3 is 2.81 bits per heavy atom. The van der Waals surface area contributed by atoms with Crippen LogP contribution >= 0.6 is 0 Å². The zero-order valence-electron chi connectivity index (χ0n) is 17.0. The summed E-state index contributed by atoms with van der Waals surface area (Å²) in [6.07, 6.45) is 4.68. The third-order valence-corrected chi connectivity index (χ3v) is 5.71. The Labute approximate surface area is 163 Å². The molecule has 0 heterocycles. The van der Waals surface area contributed by atoms with E-state index >= 15 is 0 Å². The minimum atomic E-state index is -0.0750. The molecule has 0 aliphatic heterocycles. The van der Waals surface area contributed by atoms with Crippen molar-refractivity contribution >= 4 is 5.91 Å². The summed E-state index contributed by atoms with van der Waals surface area (Å²) >= 11 is 0. The highest BCUT2D eigenvalue weighted by molar-refractivity contribution is 5.84. The highest BCUT2D eigenvalue weighted by atomic mass is 16.5. The molecule has 0 radical (unpaired) electrons. The predicted molar refractivity (Wildman–Crippen MR) is 111 cm³/mol. The van der Waals surface area contributed by atoms with Crippen molar-refractivity contribution in [3.8, 4) is 5.75 Å². The lowest BCUT2D eigenvalue weighted by atomic mass is 9.86. The van der Waals surface area contributed by atoms with Gasteiger partial charge in [0.15, 0.2) is 0 Å². The lowest BCUT2D eigenvalue weighted by Gasteiger charge is -2.29. The Morgan fingerprint density at radius 2 is 2.07 bits per heavy atom. The summed E-state index contributed by atoms with van der Waals surface area (Å²) in [5, 5.41) is 3.35. The smallest absolute Gasteiger partial charge is 0.227 e. The molecule has 2 aromatic carbocycles. The van der Waals surface area contributed by atoms with E-state index in [-0.39, 0.29) is 17.9 Å². The topological polar surface area (TPSA) is 38.3 Å². The van der Waals surface area contributed by atoms with Gasteiger partial charge in [0, 0.05) is 6.04 Å². The van der Waals surface area contributed by atoms with E-state index in [9.17, 15) is 4.79 Å². The van der Waals surface area contributed by atoms with Gasteiger partial charge in [0.05, 0.1) is 13.0 Å². The number of methoxy groups -OCH3 is 1. The van der Waals surface area contributed by atoms with Gasteiger partial charge in [-0.1, -0.05) is 49.2 Å². The van der Waals surface area contributed by atoms with Crippen LogP contribution in [0.4, 0.5) is 0 Å². The third-order valence-electron chi connectivity index (χ3n) is 5.71. The lowest BCUT2D eigenvalue weighted by molar-refractivity contribution is -0.123. The maximum Gasteiger partial charge on any atom is 0.227 e. The van der Waals surface area contributed by atoms with Crippen LogP contribution in [-0.4, -0.2) is 19.1 Å². The van der Waals surface area contributed by atoms with E-state index in [1.165, 1.54) is 27.8 Å². The van der Waals surface area contributed by atoms with Crippen LogP contribution in [-0.2, 0) is 17.6 Å². The Hall–Kier alpha value is -2.29. The Bertz CT molecular complexity index is 798. The van der Waals surface area contributed by atoms with Crippen molar-refractivity contribution < 1.29 is 9.53 Å². The van der Waals surface area contributed by atoms with Crippen molar-refractivity contribution in [3.05, 3.63) is 64.2 Å². The Morgan fingerprint density at radius 1 is 1.26 bits per heavy atom. The summed E-state index contributed by atoms with van der Waals surface area (Å²) < 4.78 is 5.54. The van der Waals surface area contributed by atoms with Gasteiger partial charge in [-0.2, -0.15) is 0 Å². The van der Waals surface area contributed by atoms with Crippen molar-refractivity contribution in [2.24, 2.45) is 0 Å². The molecule has 27 heavy (non-hydrogen) atoms. The normalized spacial score (nSPS) is 17.1. The molecular formula is C24H31NO2. The first-order valence-corrected chi connectivity index (χ1v) is 10.1. The molecule has 1 N–H and O–H groups in total. The molecule has 144 valence electrons. The maximum atomic E-state index is 13.2. The second-order valence-electron chi connectivity index (χ2n) is 7.75. The number of carbonyl (C=O) groups is 1. The second-order valence-corrected chi connectivity index (χ2v) is 7.75. The molecule has 3 nitrogen and oxygen atoms in total. The number of hydrogen-bond donors (Lipinski definition) is 1. The number of aryl methyl sites for hydroxylation is 3. The summed E-state index contributed by atoms with van der Waals surface area (Å²) in [6.45, 7) is 6.34. The standard InChI is InChI=1S/C24H31NO2/c1-5-7-20(21-14-16(2)10-11-17(21)3)24(26)25-19-13-12-18-8-6-9-23(27-4)22(18)15-19/h6,8-11,14,19-20H,5,7,12-13,15H2,1-4H3,(H,25,26). The van der Waals surface area contributed by atoms with Crippen LogP contribution in [0.2, 0.25) is 0 Å². The molecule has 0 saturated carbocycles. The fourth-order valence-corrected chi connectivity index (χ4v) is 4.22. The van der Waals surface area contributed by atoms with E-state index in [2.05, 4.69) is 50.4 Å². The number of benzene rings is 2. The molecule has 2 unspecified atom stereocenters. The first-order valence-electron chi connectivity index (χ1n) is 10.1. The van der Waals surface area contributed by atoms with Crippen molar-refractivity contribution in [1.29, 1.82) is 0 Å². The summed E-state index contributed by atoms with van der Waals surface area (Å²) in [5.41, 5.74) is 6.17. The molecule has 3 heteroatoms. The molecule has 2 atom stereocenters. The molecule has 0 fully saturated rings. The molecule has 1 aliphatic carbocycles. The van der Waals surface area contributed by atoms with Gasteiger partial charge in [-0.3, -0.25) is 4.79 Å². The van der Waals surface area contributed by atoms with Gasteiger partial charge in [0.1, 0.15) is 5.75 Å². The van der Waals surface area contributed by atoms with Crippen LogP contribution in [0.25, 0.3) is 0 Å². The van der Waals surface area contributed by atoms with E-state index in [0.717, 1.165) is 37.9 Å². The largest absolute Gasteiger partial charge is 0.496 e. The monoisotopic (exact) mass is 365 g/mol. The van der Waals surface area contributed by atoms with Gasteiger partial charge in [-0.25, -0.2) is 0 Å². The van der Waals surface area contributed by atoms with E-state index < -0.39 is 0 Å². The van der Waals surface area contributed by atoms with Crippen LogP contribution in [0.15, 0.2) is 36.4 Å². The number of ether oxygens (including phenoxy) is 1. The summed E-state index contributed by atoms with van der Waals surface area (Å²) in [5.74, 6) is 1.02. The third kappa shape index (κ3) is 4.35. The number of fused-ring (bicyclic) bond motifs is 1. The van der Waals surface area contributed by atoms with Gasteiger partial charge in [-0.05, 0) is 67.9 Å². The first kappa shape index (κ1) is 19.5. The Balaban J connectivity index is 1.77. The van der Waals surface area contributed by atoms with E-state index in [4.69, 9.17) is 4.74 Å². The predicted octanol–water partition coefficient (Wildman–Crippen LogP) is 4.87. The Kier molecular flexibility index (Phi) is 6.20. The molecule has 3 rings (SSSR count). The molecular weight excluding hydrogens is 334 g/mol. The molecule has 0 saturated heterocycles. The molecule has 1 aliphatic rings. The summed E-state index contributed by atoms with van der Waals surface area (Å²) in [4.78, 5) is 13.2. The highest BCUT2D eigenvalue weighted by Gasteiger charge is 2.27. The number of rotatable bonds is 6. The van der Waals surface area contributed by atoms with Crippen LogP contribution in [0.1, 0.15) is 59.9 Å². The lowest BCUT2D eigenvalue weighted by Crippen LogP contribution is -2.41. The second kappa shape index (κ2) is 8.60. The molecule has 0 aromatic heterocycles. The number of amides is 1. The number of carbonyl (C=O) groups excluding carboxylic acids is 1. The van der Waals surface area contributed by atoms with Crippen molar-refractivity contribution in [2.75, 3.05) is 7.11 Å². The van der Waals surface area contributed by atoms with Crippen LogP contribution in [0.5, 0.6) is 5.75 Å². The van der Waals surface area contributed by atoms with Crippen molar-refractivity contribution in [2.45, 2.75) is 64.8 Å². The molecule has 0 bridgehead atoms. The van der Waals surface area contributed by atoms with Gasteiger partial charge in [0.25, 0.3) is 0 Å².